The van der Waals surface area contributed by atoms with Gasteiger partial charge in [-0.05, 0) is 60.3 Å². The molecule has 0 amide bonds. The van der Waals surface area contributed by atoms with Crippen molar-refractivity contribution in [3.63, 3.8) is 0 Å². The third-order valence-electron chi connectivity index (χ3n) is 3.72. The molecule has 0 saturated heterocycles. The van der Waals surface area contributed by atoms with Gasteiger partial charge in [0.15, 0.2) is 0 Å². The first-order chi connectivity index (χ1) is 10.1. The Kier molecular flexibility index (Phi) is 3.85. The second-order valence-corrected chi connectivity index (χ2v) is 6.39. The largest absolute Gasteiger partial charge is 0.373 e. The molecule has 0 radical (unpaired) electrons. The summed E-state index contributed by atoms with van der Waals surface area (Å²) >= 11 is 3.60. The summed E-state index contributed by atoms with van der Waals surface area (Å²) in [6, 6.07) is 6.25. The van der Waals surface area contributed by atoms with E-state index in [1.165, 1.54) is 18.4 Å². The fraction of sp³-hybridized carbons (Fsp3) is 0.375. The highest BCUT2D eigenvalue weighted by molar-refractivity contribution is 9.10. The minimum atomic E-state index is 0.528. The van der Waals surface area contributed by atoms with Gasteiger partial charge in [0, 0.05) is 23.0 Å². The molecule has 1 aliphatic carbocycles. The lowest BCUT2D eigenvalue weighted by Gasteiger charge is -2.15. The van der Waals surface area contributed by atoms with E-state index in [0.29, 0.717) is 5.92 Å². The lowest BCUT2D eigenvalue weighted by molar-refractivity contribution is 0.923. The van der Waals surface area contributed by atoms with Crippen LogP contribution in [0.25, 0.3) is 0 Å². The number of halogens is 1. The average Bonchev–Trinajstić information content (AvgIpc) is 3.28. The van der Waals surface area contributed by atoms with E-state index in [9.17, 15) is 0 Å². The van der Waals surface area contributed by atoms with E-state index in [0.717, 1.165) is 33.2 Å². The van der Waals surface area contributed by atoms with Gasteiger partial charge in [-0.3, -0.25) is 0 Å². The van der Waals surface area contributed by atoms with E-state index >= 15 is 0 Å². The van der Waals surface area contributed by atoms with E-state index < -0.39 is 0 Å². The van der Waals surface area contributed by atoms with Crippen LogP contribution in [-0.2, 0) is 0 Å². The fourth-order valence-electron chi connectivity index (χ4n) is 2.27. The van der Waals surface area contributed by atoms with E-state index in [-0.39, 0.29) is 0 Å². The quantitative estimate of drug-likeness (QED) is 0.854. The van der Waals surface area contributed by atoms with Crippen LogP contribution in [-0.4, -0.2) is 17.0 Å². The number of rotatable bonds is 4. The lowest BCUT2D eigenvalue weighted by atomic mass is 10.2. The van der Waals surface area contributed by atoms with Crippen LogP contribution in [0.5, 0.6) is 0 Å². The summed E-state index contributed by atoms with van der Waals surface area (Å²) in [7, 11) is 1.90. The third kappa shape index (κ3) is 3.02. The van der Waals surface area contributed by atoms with Crippen LogP contribution in [0.2, 0.25) is 0 Å². The molecule has 0 bridgehead atoms. The van der Waals surface area contributed by atoms with Crippen molar-refractivity contribution in [2.45, 2.75) is 32.6 Å². The van der Waals surface area contributed by atoms with Gasteiger partial charge in [0.25, 0.3) is 0 Å². The normalized spacial score (nSPS) is 14.1. The number of hydrogen-bond acceptors (Lipinski definition) is 4. The summed E-state index contributed by atoms with van der Waals surface area (Å²) in [5, 5.41) is 6.59. The van der Waals surface area contributed by atoms with Gasteiger partial charge in [0.2, 0.25) is 0 Å². The summed E-state index contributed by atoms with van der Waals surface area (Å²) < 4.78 is 1.04. The monoisotopic (exact) mass is 346 g/mol. The van der Waals surface area contributed by atoms with Gasteiger partial charge in [-0.1, -0.05) is 6.07 Å². The number of hydrogen-bond donors (Lipinski definition) is 2. The maximum atomic E-state index is 4.72. The van der Waals surface area contributed by atoms with Crippen molar-refractivity contribution in [2.75, 3.05) is 17.7 Å². The number of anilines is 3. The molecule has 5 heteroatoms. The first-order valence-electron chi connectivity index (χ1n) is 7.18. The highest BCUT2D eigenvalue weighted by Gasteiger charge is 2.28. The molecule has 1 fully saturated rings. The maximum absolute atomic E-state index is 4.72. The van der Waals surface area contributed by atoms with Gasteiger partial charge in [-0.15, -0.1) is 0 Å². The smallest absolute Gasteiger partial charge is 0.139 e. The van der Waals surface area contributed by atoms with Gasteiger partial charge in [0.05, 0.1) is 5.69 Å². The Morgan fingerprint density at radius 2 is 1.86 bits per heavy atom. The van der Waals surface area contributed by atoms with Crippen molar-refractivity contribution in [3.05, 3.63) is 39.6 Å². The molecule has 0 spiro atoms. The Labute approximate surface area is 133 Å². The SMILES string of the molecule is CNc1nc(C2CC2)nc(Nc2ccc(C)cc2Br)c1C. The fourth-order valence-corrected chi connectivity index (χ4v) is 2.86. The lowest BCUT2D eigenvalue weighted by Crippen LogP contribution is -2.07. The minimum Gasteiger partial charge on any atom is -0.373 e. The summed E-state index contributed by atoms with van der Waals surface area (Å²) in [4.78, 5) is 9.34. The van der Waals surface area contributed by atoms with Crippen molar-refractivity contribution in [3.8, 4) is 0 Å². The molecule has 110 valence electrons. The molecular formula is C16H19BrN4. The van der Waals surface area contributed by atoms with Gasteiger partial charge in [-0.2, -0.15) is 0 Å². The first-order valence-corrected chi connectivity index (χ1v) is 7.97. The zero-order chi connectivity index (χ0) is 15.0. The molecule has 1 aliphatic rings. The van der Waals surface area contributed by atoms with Crippen LogP contribution < -0.4 is 10.6 Å². The molecule has 2 N–H and O–H groups in total. The first kappa shape index (κ1) is 14.3. The van der Waals surface area contributed by atoms with Crippen LogP contribution in [0.15, 0.2) is 22.7 Å². The Morgan fingerprint density at radius 3 is 2.48 bits per heavy atom. The molecule has 2 aromatic rings. The van der Waals surface area contributed by atoms with E-state index in [1.807, 2.05) is 14.0 Å². The number of nitrogens with zero attached hydrogens (tertiary/aromatic N) is 2. The molecule has 1 aromatic heterocycles. The zero-order valence-electron chi connectivity index (χ0n) is 12.5. The molecule has 1 heterocycles. The Morgan fingerprint density at radius 1 is 1.14 bits per heavy atom. The summed E-state index contributed by atoms with van der Waals surface area (Å²) in [6.07, 6.45) is 2.39. The van der Waals surface area contributed by atoms with Crippen molar-refractivity contribution in [1.82, 2.24) is 9.97 Å². The molecule has 21 heavy (non-hydrogen) atoms. The van der Waals surface area contributed by atoms with E-state index in [2.05, 4.69) is 56.7 Å². The van der Waals surface area contributed by atoms with Crippen LogP contribution in [0.3, 0.4) is 0 Å². The van der Waals surface area contributed by atoms with E-state index in [4.69, 9.17) is 4.98 Å². The van der Waals surface area contributed by atoms with Gasteiger partial charge in [0.1, 0.15) is 17.5 Å². The van der Waals surface area contributed by atoms with Gasteiger partial charge >= 0.3 is 0 Å². The Bertz CT molecular complexity index is 680. The zero-order valence-corrected chi connectivity index (χ0v) is 14.1. The molecule has 1 aromatic carbocycles. The van der Waals surface area contributed by atoms with Crippen LogP contribution >= 0.6 is 15.9 Å². The second-order valence-electron chi connectivity index (χ2n) is 5.54. The van der Waals surface area contributed by atoms with Crippen LogP contribution in [0.4, 0.5) is 17.3 Å². The summed E-state index contributed by atoms with van der Waals surface area (Å²) in [5.74, 6) is 3.24. The second kappa shape index (κ2) is 5.64. The molecule has 3 rings (SSSR count). The summed E-state index contributed by atoms with van der Waals surface area (Å²) in [5.41, 5.74) is 3.28. The molecular weight excluding hydrogens is 328 g/mol. The molecule has 0 atom stereocenters. The Hall–Kier alpha value is -1.62. The Balaban J connectivity index is 1.98. The number of aromatic nitrogens is 2. The standard InChI is InChI=1S/C16H19BrN4/c1-9-4-7-13(12(17)8-9)19-15-10(2)14(18-3)20-16(21-15)11-5-6-11/h4,7-8,11H,5-6H2,1-3H3,(H2,18,19,20,21). The average molecular weight is 347 g/mol. The predicted molar refractivity (Wildman–Crippen MR) is 90.5 cm³/mol. The van der Waals surface area contributed by atoms with Crippen molar-refractivity contribution in [2.24, 2.45) is 0 Å². The van der Waals surface area contributed by atoms with Gasteiger partial charge < -0.3 is 10.6 Å². The van der Waals surface area contributed by atoms with Gasteiger partial charge in [-0.25, -0.2) is 9.97 Å². The van der Waals surface area contributed by atoms with Crippen molar-refractivity contribution < 1.29 is 0 Å². The minimum absolute atomic E-state index is 0.528. The van der Waals surface area contributed by atoms with Crippen molar-refractivity contribution in [1.29, 1.82) is 0 Å². The highest BCUT2D eigenvalue weighted by atomic mass is 79.9. The number of nitrogens with one attached hydrogen (secondary N) is 2. The number of benzene rings is 1. The maximum Gasteiger partial charge on any atom is 0.139 e. The van der Waals surface area contributed by atoms with Crippen LogP contribution in [0, 0.1) is 13.8 Å². The molecule has 0 aliphatic heterocycles. The highest BCUT2D eigenvalue weighted by Crippen LogP contribution is 2.40. The third-order valence-corrected chi connectivity index (χ3v) is 4.38. The predicted octanol–water partition coefficient (Wildman–Crippen LogP) is 4.52. The molecule has 0 unspecified atom stereocenters. The van der Waals surface area contributed by atoms with Crippen molar-refractivity contribution >= 4 is 33.3 Å². The van der Waals surface area contributed by atoms with Crippen LogP contribution in [0.1, 0.15) is 35.7 Å². The topological polar surface area (TPSA) is 49.8 Å². The molecule has 4 nitrogen and oxygen atoms in total. The number of aryl methyl sites for hydroxylation is 1. The summed E-state index contributed by atoms with van der Waals surface area (Å²) in [6.45, 7) is 4.11. The molecule has 1 saturated carbocycles. The van der Waals surface area contributed by atoms with E-state index in [1.54, 1.807) is 0 Å².